The third kappa shape index (κ3) is 7.13. The quantitative estimate of drug-likeness (QED) is 0.187. The molecule has 222 valence electrons. The van der Waals surface area contributed by atoms with Gasteiger partial charge < -0.3 is 33.7 Å². The molecule has 1 saturated heterocycles. The third-order valence-corrected chi connectivity index (χ3v) is 7.66. The van der Waals surface area contributed by atoms with Crippen LogP contribution < -0.4 is 24.3 Å². The first-order chi connectivity index (χ1) is 20.7. The number of nitrogens with one attached hydrogen (secondary N) is 1. The summed E-state index contributed by atoms with van der Waals surface area (Å²) in [5.41, 5.74) is 3.15. The van der Waals surface area contributed by atoms with Crippen molar-refractivity contribution in [3.8, 4) is 23.1 Å². The molecule has 5 rings (SSSR count). The summed E-state index contributed by atoms with van der Waals surface area (Å²) >= 11 is 0. The fraction of sp³-hybridized carbons (Fsp3) is 0.382. The lowest BCUT2D eigenvalue weighted by atomic mass is 9.88. The van der Waals surface area contributed by atoms with Crippen molar-refractivity contribution in [3.05, 3.63) is 89.6 Å². The third-order valence-electron chi connectivity index (χ3n) is 7.66. The SMILES string of the molecule is COc1ccccc1COCCCOc1ccc([C@@H]2CCNC[C@@H]2OCc2cc(OC)c3ccccc3c2OC)cn1. The summed E-state index contributed by atoms with van der Waals surface area (Å²) in [7, 11) is 5.06. The molecule has 0 aliphatic carbocycles. The lowest BCUT2D eigenvalue weighted by molar-refractivity contribution is 0.00975. The second-order valence-corrected chi connectivity index (χ2v) is 10.3. The Bertz CT molecular complexity index is 1430. The average molecular weight is 573 g/mol. The highest BCUT2D eigenvalue weighted by molar-refractivity contribution is 5.94. The molecule has 0 amide bonds. The molecule has 8 heteroatoms. The molecule has 1 N–H and O–H groups in total. The van der Waals surface area contributed by atoms with E-state index in [9.17, 15) is 0 Å². The van der Waals surface area contributed by atoms with Crippen LogP contribution in [0.1, 0.15) is 35.4 Å². The Morgan fingerprint density at radius 3 is 2.40 bits per heavy atom. The molecule has 0 radical (unpaired) electrons. The summed E-state index contributed by atoms with van der Waals surface area (Å²) in [4.78, 5) is 4.59. The van der Waals surface area contributed by atoms with Gasteiger partial charge in [0.05, 0.1) is 53.9 Å². The minimum Gasteiger partial charge on any atom is -0.496 e. The van der Waals surface area contributed by atoms with Crippen LogP contribution in [0.25, 0.3) is 10.8 Å². The van der Waals surface area contributed by atoms with Gasteiger partial charge in [0.25, 0.3) is 0 Å². The number of piperidine rings is 1. The highest BCUT2D eigenvalue weighted by Crippen LogP contribution is 2.38. The molecular formula is C34H40N2O6. The van der Waals surface area contributed by atoms with Crippen LogP contribution in [0, 0.1) is 0 Å². The van der Waals surface area contributed by atoms with Gasteiger partial charge in [-0.2, -0.15) is 0 Å². The van der Waals surface area contributed by atoms with E-state index in [2.05, 4.69) is 22.4 Å². The van der Waals surface area contributed by atoms with Gasteiger partial charge in [-0.05, 0) is 30.7 Å². The molecular weight excluding hydrogens is 532 g/mol. The first-order valence-electron chi connectivity index (χ1n) is 14.4. The molecule has 8 nitrogen and oxygen atoms in total. The van der Waals surface area contributed by atoms with E-state index in [0.717, 1.165) is 70.6 Å². The smallest absolute Gasteiger partial charge is 0.213 e. The summed E-state index contributed by atoms with van der Waals surface area (Å²) in [5, 5.41) is 5.51. The Hall–Kier alpha value is -3.85. The summed E-state index contributed by atoms with van der Waals surface area (Å²) in [6.45, 7) is 3.76. The molecule has 1 aliphatic rings. The van der Waals surface area contributed by atoms with Gasteiger partial charge in [-0.1, -0.05) is 48.5 Å². The van der Waals surface area contributed by atoms with Crippen LogP contribution in [0.2, 0.25) is 0 Å². The van der Waals surface area contributed by atoms with Crippen LogP contribution in [0.3, 0.4) is 0 Å². The molecule has 2 heterocycles. The van der Waals surface area contributed by atoms with Crippen molar-refractivity contribution in [1.82, 2.24) is 10.3 Å². The van der Waals surface area contributed by atoms with Crippen molar-refractivity contribution in [2.45, 2.75) is 38.1 Å². The molecule has 0 unspecified atom stereocenters. The predicted octanol–water partition coefficient (Wildman–Crippen LogP) is 5.91. The number of nitrogens with zero attached hydrogens (tertiary/aromatic N) is 1. The zero-order chi connectivity index (χ0) is 29.1. The molecule has 0 spiro atoms. The number of pyridine rings is 1. The lowest BCUT2D eigenvalue weighted by Crippen LogP contribution is -2.41. The maximum absolute atomic E-state index is 6.53. The fourth-order valence-electron chi connectivity index (χ4n) is 5.51. The normalized spacial score (nSPS) is 16.7. The van der Waals surface area contributed by atoms with E-state index >= 15 is 0 Å². The van der Waals surface area contributed by atoms with Crippen LogP contribution in [0.5, 0.6) is 23.1 Å². The molecule has 0 bridgehead atoms. The van der Waals surface area contributed by atoms with E-state index in [1.165, 1.54) is 0 Å². The van der Waals surface area contributed by atoms with Crippen molar-refractivity contribution in [1.29, 1.82) is 0 Å². The lowest BCUT2D eigenvalue weighted by Gasteiger charge is -2.32. The topological polar surface area (TPSA) is 80.3 Å². The number of para-hydroxylation sites is 1. The molecule has 0 saturated carbocycles. The fourth-order valence-corrected chi connectivity index (χ4v) is 5.51. The van der Waals surface area contributed by atoms with Crippen LogP contribution in [-0.2, 0) is 22.7 Å². The van der Waals surface area contributed by atoms with E-state index in [1.54, 1.807) is 21.3 Å². The van der Waals surface area contributed by atoms with Crippen molar-refractivity contribution in [2.75, 3.05) is 47.6 Å². The predicted molar refractivity (Wildman–Crippen MR) is 163 cm³/mol. The number of aromatic nitrogens is 1. The molecule has 3 aromatic carbocycles. The number of rotatable bonds is 14. The monoisotopic (exact) mass is 572 g/mol. The van der Waals surface area contributed by atoms with Crippen LogP contribution >= 0.6 is 0 Å². The Labute approximate surface area is 247 Å². The number of hydrogen-bond acceptors (Lipinski definition) is 8. The number of methoxy groups -OCH3 is 3. The van der Waals surface area contributed by atoms with Gasteiger partial charge in [0.1, 0.15) is 17.2 Å². The Morgan fingerprint density at radius 1 is 0.810 bits per heavy atom. The Morgan fingerprint density at radius 2 is 1.62 bits per heavy atom. The van der Waals surface area contributed by atoms with E-state index in [1.807, 2.05) is 60.8 Å². The van der Waals surface area contributed by atoms with Crippen molar-refractivity contribution in [2.24, 2.45) is 0 Å². The number of hydrogen-bond donors (Lipinski definition) is 1. The summed E-state index contributed by atoms with van der Waals surface area (Å²) in [5.74, 6) is 3.31. The van der Waals surface area contributed by atoms with Crippen molar-refractivity contribution in [3.63, 3.8) is 0 Å². The molecule has 1 aromatic heterocycles. The molecule has 1 aliphatic heterocycles. The molecule has 1 fully saturated rings. The molecule has 4 aromatic rings. The second-order valence-electron chi connectivity index (χ2n) is 10.3. The first-order valence-corrected chi connectivity index (χ1v) is 14.4. The summed E-state index contributed by atoms with van der Waals surface area (Å²) in [6, 6.07) is 22.1. The highest BCUT2D eigenvalue weighted by atomic mass is 16.5. The summed E-state index contributed by atoms with van der Waals surface area (Å²) in [6.07, 6.45) is 3.65. The first kappa shape index (κ1) is 29.6. The van der Waals surface area contributed by atoms with Gasteiger partial charge in [-0.3, -0.25) is 0 Å². The zero-order valence-corrected chi connectivity index (χ0v) is 24.6. The van der Waals surface area contributed by atoms with E-state index in [-0.39, 0.29) is 12.0 Å². The van der Waals surface area contributed by atoms with Gasteiger partial charge in [0, 0.05) is 53.0 Å². The zero-order valence-electron chi connectivity index (χ0n) is 24.6. The molecule has 42 heavy (non-hydrogen) atoms. The maximum atomic E-state index is 6.53. The van der Waals surface area contributed by atoms with E-state index in [4.69, 9.17) is 28.4 Å². The van der Waals surface area contributed by atoms with Crippen LogP contribution in [-0.4, -0.2) is 58.7 Å². The van der Waals surface area contributed by atoms with E-state index < -0.39 is 0 Å². The van der Waals surface area contributed by atoms with Gasteiger partial charge >= 0.3 is 0 Å². The second kappa shape index (κ2) is 14.9. The molecule has 2 atom stereocenters. The minimum atomic E-state index is -0.00474. The number of fused-ring (bicyclic) bond motifs is 1. The van der Waals surface area contributed by atoms with Crippen LogP contribution in [0.15, 0.2) is 72.9 Å². The van der Waals surface area contributed by atoms with E-state index in [0.29, 0.717) is 32.3 Å². The Kier molecular flexibility index (Phi) is 10.5. The van der Waals surface area contributed by atoms with Crippen LogP contribution in [0.4, 0.5) is 0 Å². The Balaban J connectivity index is 1.14. The summed E-state index contributed by atoms with van der Waals surface area (Å²) < 4.78 is 35.1. The largest absolute Gasteiger partial charge is 0.496 e. The number of benzene rings is 3. The average Bonchev–Trinajstić information content (AvgIpc) is 3.05. The van der Waals surface area contributed by atoms with Gasteiger partial charge in [0.2, 0.25) is 5.88 Å². The van der Waals surface area contributed by atoms with Gasteiger partial charge in [0.15, 0.2) is 0 Å². The standard InChI is InChI=1S/C34H40N2O6/c1-37-30-12-7-4-9-25(30)22-40-17-8-18-41-33-14-13-24(20-36-33)27-15-16-35-21-32(27)42-23-26-19-31(38-2)28-10-5-6-11-29(28)34(26)39-3/h4-7,9-14,19-20,27,32,35H,8,15-18,21-23H2,1-3H3/t27-,32-/m0/s1. The van der Waals surface area contributed by atoms with Crippen molar-refractivity contribution >= 4 is 10.8 Å². The van der Waals surface area contributed by atoms with Gasteiger partial charge in [-0.15, -0.1) is 0 Å². The van der Waals surface area contributed by atoms with Crippen molar-refractivity contribution < 1.29 is 28.4 Å². The van der Waals surface area contributed by atoms with Gasteiger partial charge in [-0.25, -0.2) is 4.98 Å². The number of ether oxygens (including phenoxy) is 6. The maximum Gasteiger partial charge on any atom is 0.213 e. The highest BCUT2D eigenvalue weighted by Gasteiger charge is 2.28. The minimum absolute atomic E-state index is 0.00474.